The Labute approximate surface area is 244 Å². The summed E-state index contributed by atoms with van der Waals surface area (Å²) < 4.78 is 7.71. The quantitative estimate of drug-likeness (QED) is 0.163. The number of anilines is 2. The highest BCUT2D eigenvalue weighted by Gasteiger charge is 2.21. The van der Waals surface area contributed by atoms with Gasteiger partial charge >= 0.3 is 0 Å². The van der Waals surface area contributed by atoms with Gasteiger partial charge in [-0.1, -0.05) is 11.3 Å². The van der Waals surface area contributed by atoms with E-state index in [0.29, 0.717) is 12.6 Å². The lowest BCUT2D eigenvalue weighted by Gasteiger charge is -2.32. The minimum Gasteiger partial charge on any atom is -0.543 e. The number of nitrogens with one attached hydrogen (secondary N) is 2. The Morgan fingerprint density at radius 2 is 1.67 bits per heavy atom. The summed E-state index contributed by atoms with van der Waals surface area (Å²) in [6.07, 6.45) is 4.01. The molecule has 1 fully saturated rings. The summed E-state index contributed by atoms with van der Waals surface area (Å²) in [5.41, 5.74) is 1.84. The lowest BCUT2D eigenvalue weighted by Crippen LogP contribution is -2.42. The third-order valence-corrected chi connectivity index (χ3v) is 6.45. The van der Waals surface area contributed by atoms with Crippen LogP contribution >= 0.6 is 11.3 Å². The van der Waals surface area contributed by atoms with Gasteiger partial charge in [0.15, 0.2) is 5.65 Å². The number of ether oxygens (including phenoxy) is 1. The molecule has 0 unspecified atom stereocenters. The molecule has 0 aliphatic carbocycles. The number of fused-ring (bicyclic) bond motifs is 1. The minimum atomic E-state index is -2.19. The number of pyridine rings is 1. The van der Waals surface area contributed by atoms with E-state index in [4.69, 9.17) is 49.3 Å². The molecular weight excluding hydrogens is 576 g/mol. The van der Waals surface area contributed by atoms with Crippen LogP contribution in [0.4, 0.5) is 11.1 Å². The molecule has 0 amide bonds. The Balaban J connectivity index is 0.000000434. The molecule has 230 valence electrons. The standard InChI is InChI=1S/C20H30N8OS.2C2H2O4/c1-3-29-14-13-28-18-17(5-4-8-21-18)24-19(28)23-16-6-10-27(11-7-16)12-9-22-20-26-25-15(2)30-20;2*3-1(4)2(5)6/h4-5,8,16H,3,6-7,9-14H2,1-2H3,(H,22,26)(H,23,24);2*(H,3,4)(H,5,6)/p-4. The van der Waals surface area contributed by atoms with Gasteiger partial charge in [-0.25, -0.2) is 9.97 Å². The van der Waals surface area contributed by atoms with Gasteiger partial charge in [0.1, 0.15) is 10.5 Å². The minimum absolute atomic E-state index is 0.419. The molecule has 0 atom stereocenters. The normalized spacial score (nSPS) is 13.3. The molecule has 1 aliphatic heterocycles. The van der Waals surface area contributed by atoms with Crippen LogP contribution in [0.1, 0.15) is 24.8 Å². The average Bonchev–Trinajstić information content (AvgIpc) is 3.53. The number of carboxylic acids is 4. The number of likely N-dealkylation sites (tertiary alicyclic amines) is 1. The number of hydrogen-bond donors (Lipinski definition) is 2. The molecule has 3 aromatic rings. The van der Waals surface area contributed by atoms with E-state index in [1.165, 1.54) is 0 Å². The smallest absolute Gasteiger partial charge is 0.205 e. The number of nitrogens with zero attached hydrogens (tertiary/aromatic N) is 6. The first kappa shape index (κ1) is 33.8. The van der Waals surface area contributed by atoms with Crippen LogP contribution in [0.15, 0.2) is 18.3 Å². The molecule has 0 radical (unpaired) electrons. The van der Waals surface area contributed by atoms with E-state index < -0.39 is 23.9 Å². The van der Waals surface area contributed by atoms with E-state index >= 15 is 0 Å². The van der Waals surface area contributed by atoms with Crippen molar-refractivity contribution in [2.45, 2.75) is 39.3 Å². The highest BCUT2D eigenvalue weighted by molar-refractivity contribution is 7.15. The first-order valence-corrected chi connectivity index (χ1v) is 13.6. The van der Waals surface area contributed by atoms with E-state index in [9.17, 15) is 0 Å². The SMILES string of the molecule is CCOCCn1c(NC2CCN(CCNc3nnc(C)s3)CC2)nc2cccnc21.O=C([O-])C(=O)[O-].O=C([O-])C(=O)[O-]. The molecular formula is C24H30N8O9S-4. The monoisotopic (exact) mass is 606 g/mol. The number of carbonyl (C=O) groups is 4. The van der Waals surface area contributed by atoms with E-state index in [1.54, 1.807) is 11.3 Å². The third kappa shape index (κ3) is 11.6. The Kier molecular flexibility index (Phi) is 14.0. The molecule has 0 aromatic carbocycles. The first-order chi connectivity index (χ1) is 20.0. The molecule has 1 saturated heterocycles. The number of aryl methyl sites for hydroxylation is 1. The van der Waals surface area contributed by atoms with E-state index in [1.807, 2.05) is 32.2 Å². The summed E-state index contributed by atoms with van der Waals surface area (Å²) >= 11 is 1.60. The Morgan fingerprint density at radius 1 is 1.02 bits per heavy atom. The van der Waals surface area contributed by atoms with E-state index in [0.717, 1.165) is 79.4 Å². The largest absolute Gasteiger partial charge is 0.543 e. The fraction of sp³-hybridized carbons (Fsp3) is 0.500. The van der Waals surface area contributed by atoms with Crippen LogP contribution < -0.4 is 31.1 Å². The second kappa shape index (κ2) is 17.4. The molecule has 42 heavy (non-hydrogen) atoms. The van der Waals surface area contributed by atoms with Crippen LogP contribution in [0, 0.1) is 6.92 Å². The van der Waals surface area contributed by atoms with Crippen LogP contribution in [-0.2, 0) is 30.5 Å². The topological polar surface area (TPSA) is 254 Å². The fourth-order valence-corrected chi connectivity index (χ4v) is 4.37. The molecule has 0 spiro atoms. The zero-order chi connectivity index (χ0) is 31.1. The van der Waals surface area contributed by atoms with Gasteiger partial charge in [-0.05, 0) is 38.8 Å². The van der Waals surface area contributed by atoms with Crippen LogP contribution in [0.5, 0.6) is 0 Å². The van der Waals surface area contributed by atoms with Crippen molar-refractivity contribution in [2.24, 2.45) is 0 Å². The maximum absolute atomic E-state index is 8.93. The van der Waals surface area contributed by atoms with Gasteiger partial charge in [-0.15, -0.1) is 10.2 Å². The van der Waals surface area contributed by atoms with Crippen LogP contribution in [0.3, 0.4) is 0 Å². The number of piperidine rings is 1. The van der Waals surface area contributed by atoms with Crippen molar-refractivity contribution in [1.82, 2.24) is 29.6 Å². The van der Waals surface area contributed by atoms with Gasteiger partial charge in [0.2, 0.25) is 11.1 Å². The van der Waals surface area contributed by atoms with Gasteiger partial charge in [0.05, 0.1) is 37.0 Å². The molecule has 18 heteroatoms. The third-order valence-electron chi connectivity index (χ3n) is 5.65. The maximum Gasteiger partial charge on any atom is 0.205 e. The zero-order valence-electron chi connectivity index (χ0n) is 22.9. The molecule has 3 aromatic heterocycles. The molecule has 17 nitrogen and oxygen atoms in total. The van der Waals surface area contributed by atoms with Crippen molar-refractivity contribution >= 4 is 57.5 Å². The average molecular weight is 607 g/mol. The number of aromatic nitrogens is 5. The van der Waals surface area contributed by atoms with Crippen LogP contribution in [0.2, 0.25) is 0 Å². The highest BCUT2D eigenvalue weighted by atomic mass is 32.1. The van der Waals surface area contributed by atoms with Crippen molar-refractivity contribution < 1.29 is 44.3 Å². The summed E-state index contributed by atoms with van der Waals surface area (Å²) in [6, 6.07) is 4.36. The molecule has 4 heterocycles. The Hall–Kier alpha value is -4.42. The van der Waals surface area contributed by atoms with Crippen molar-refractivity contribution in [1.29, 1.82) is 0 Å². The molecule has 0 saturated carbocycles. The number of aliphatic carboxylic acids is 4. The van der Waals surface area contributed by atoms with Crippen molar-refractivity contribution in [2.75, 3.05) is 50.0 Å². The predicted molar refractivity (Wildman–Crippen MR) is 140 cm³/mol. The number of hydrogen-bond acceptors (Lipinski definition) is 17. The predicted octanol–water partition coefficient (Wildman–Crippen LogP) is -4.41. The van der Waals surface area contributed by atoms with Crippen molar-refractivity contribution in [3.63, 3.8) is 0 Å². The van der Waals surface area contributed by atoms with E-state index in [2.05, 4.69) is 35.3 Å². The van der Waals surface area contributed by atoms with E-state index in [-0.39, 0.29) is 0 Å². The summed E-state index contributed by atoms with van der Waals surface area (Å²) in [5, 5.41) is 52.8. The maximum atomic E-state index is 8.93. The summed E-state index contributed by atoms with van der Waals surface area (Å²) in [6.45, 7) is 10.2. The van der Waals surface area contributed by atoms with Gasteiger partial charge in [-0.2, -0.15) is 0 Å². The summed E-state index contributed by atoms with van der Waals surface area (Å²) in [5.74, 6) is -7.84. The van der Waals surface area contributed by atoms with Gasteiger partial charge in [-0.3, -0.25) is 4.57 Å². The van der Waals surface area contributed by atoms with Gasteiger partial charge < -0.3 is 59.9 Å². The number of rotatable bonds is 10. The molecule has 2 N–H and O–H groups in total. The van der Waals surface area contributed by atoms with Crippen molar-refractivity contribution in [3.8, 4) is 0 Å². The van der Waals surface area contributed by atoms with Crippen molar-refractivity contribution in [3.05, 3.63) is 23.3 Å². The van der Waals surface area contributed by atoms with Gasteiger partial charge in [0.25, 0.3) is 0 Å². The Bertz CT molecular complexity index is 1280. The fourth-order valence-electron chi connectivity index (χ4n) is 3.75. The first-order valence-electron chi connectivity index (χ1n) is 12.8. The number of imidazole rings is 1. The molecule has 4 rings (SSSR count). The Morgan fingerprint density at radius 3 is 2.21 bits per heavy atom. The highest BCUT2D eigenvalue weighted by Crippen LogP contribution is 2.21. The summed E-state index contributed by atoms with van der Waals surface area (Å²) in [7, 11) is 0. The lowest BCUT2D eigenvalue weighted by molar-refractivity contribution is -0.345. The number of carboxylic acid groups (broad SMARTS) is 4. The van der Waals surface area contributed by atoms with Gasteiger partial charge in [0, 0.05) is 45.0 Å². The lowest BCUT2D eigenvalue weighted by atomic mass is 10.1. The summed E-state index contributed by atoms with van der Waals surface area (Å²) in [4.78, 5) is 47.5. The zero-order valence-corrected chi connectivity index (χ0v) is 23.8. The van der Waals surface area contributed by atoms with Crippen LogP contribution in [0.25, 0.3) is 11.2 Å². The second-order valence-corrected chi connectivity index (χ2v) is 9.77. The molecule has 0 bridgehead atoms. The van der Waals surface area contributed by atoms with Crippen LogP contribution in [-0.4, -0.2) is 98.9 Å². The second-order valence-electron chi connectivity index (χ2n) is 8.59. The number of carbonyl (C=O) groups excluding carboxylic acids is 4. The molecule has 1 aliphatic rings.